The number of nitrogens with zero attached hydrogens (tertiary/aromatic N) is 3. The number of hydrogen-bond donors (Lipinski definition) is 0. The van der Waals surface area contributed by atoms with Gasteiger partial charge in [-0.1, -0.05) is 30.7 Å². The molecule has 0 aromatic heterocycles. The normalized spacial score (nSPS) is 10.4. The van der Waals surface area contributed by atoms with E-state index in [4.69, 9.17) is 11.6 Å². The predicted molar refractivity (Wildman–Crippen MR) is 93.4 cm³/mol. The van der Waals surface area contributed by atoms with E-state index in [-0.39, 0.29) is 5.82 Å². The highest BCUT2D eigenvalue weighted by Gasteiger charge is 2.12. The molecule has 2 rings (SSSR count). The van der Waals surface area contributed by atoms with Crippen molar-refractivity contribution in [2.24, 2.45) is 5.29 Å². The second-order valence-electron chi connectivity index (χ2n) is 5.29. The van der Waals surface area contributed by atoms with Crippen LogP contribution in [0.4, 0.5) is 15.8 Å². The Hall–Kier alpha value is -2.14. The average Bonchev–Trinajstić information content (AvgIpc) is 2.55. The van der Waals surface area contributed by atoms with Gasteiger partial charge in [0.05, 0.1) is 21.7 Å². The van der Waals surface area contributed by atoms with E-state index in [0.29, 0.717) is 17.3 Å². The van der Waals surface area contributed by atoms with Crippen LogP contribution in [-0.2, 0) is 6.54 Å². The Balaban J connectivity index is 2.26. The van der Waals surface area contributed by atoms with Gasteiger partial charge in [0, 0.05) is 20.1 Å². The van der Waals surface area contributed by atoms with Crippen LogP contribution in [0.5, 0.6) is 0 Å². The molecule has 0 saturated heterocycles. The van der Waals surface area contributed by atoms with Crippen molar-refractivity contribution in [2.75, 3.05) is 23.5 Å². The van der Waals surface area contributed by atoms with E-state index in [9.17, 15) is 9.30 Å². The van der Waals surface area contributed by atoms with Gasteiger partial charge in [0.15, 0.2) is 0 Å². The molecule has 0 aliphatic rings. The van der Waals surface area contributed by atoms with Crippen molar-refractivity contribution in [2.45, 2.75) is 19.9 Å². The number of rotatable bonds is 7. The van der Waals surface area contributed by atoms with Crippen molar-refractivity contribution >= 4 is 23.0 Å². The van der Waals surface area contributed by atoms with Crippen LogP contribution in [0.2, 0.25) is 5.02 Å². The molecule has 0 N–H and O–H groups in total. The standard InChI is InChI=1S/C17H19ClFN3O/c1-3-10-22(12-13-4-6-14(19)7-5-13)17-9-8-15(11-16(17)18)21(2)20-23/h4-9,11H,3,10,12H2,1-2H3. The van der Waals surface area contributed by atoms with E-state index < -0.39 is 0 Å². The van der Waals surface area contributed by atoms with Crippen molar-refractivity contribution in [3.8, 4) is 0 Å². The van der Waals surface area contributed by atoms with Gasteiger partial charge in [-0.15, -0.1) is 4.91 Å². The van der Waals surface area contributed by atoms with Gasteiger partial charge in [-0.25, -0.2) is 9.40 Å². The van der Waals surface area contributed by atoms with Gasteiger partial charge in [0.2, 0.25) is 0 Å². The van der Waals surface area contributed by atoms with Gasteiger partial charge < -0.3 is 4.90 Å². The largest absolute Gasteiger partial charge is 0.366 e. The predicted octanol–water partition coefficient (Wildman–Crippen LogP) is 5.01. The Labute approximate surface area is 140 Å². The molecule has 0 radical (unpaired) electrons. The first-order valence-electron chi connectivity index (χ1n) is 7.41. The van der Waals surface area contributed by atoms with E-state index in [0.717, 1.165) is 24.2 Å². The summed E-state index contributed by atoms with van der Waals surface area (Å²) in [5, 5.41) is 4.63. The van der Waals surface area contributed by atoms with E-state index in [2.05, 4.69) is 17.1 Å². The van der Waals surface area contributed by atoms with Crippen LogP contribution < -0.4 is 9.91 Å². The van der Waals surface area contributed by atoms with Crippen LogP contribution >= 0.6 is 11.6 Å². The summed E-state index contributed by atoms with van der Waals surface area (Å²) in [6.07, 6.45) is 0.953. The lowest BCUT2D eigenvalue weighted by Crippen LogP contribution is -2.24. The van der Waals surface area contributed by atoms with Crippen LogP contribution in [0.25, 0.3) is 0 Å². The van der Waals surface area contributed by atoms with E-state index in [1.54, 1.807) is 31.3 Å². The topological polar surface area (TPSA) is 35.9 Å². The van der Waals surface area contributed by atoms with Crippen molar-refractivity contribution in [1.29, 1.82) is 0 Å². The molecular weight excluding hydrogens is 317 g/mol. The lowest BCUT2D eigenvalue weighted by Gasteiger charge is -2.26. The smallest absolute Gasteiger partial charge is 0.123 e. The molecule has 4 nitrogen and oxygen atoms in total. The van der Waals surface area contributed by atoms with Crippen LogP contribution in [-0.4, -0.2) is 13.6 Å². The van der Waals surface area contributed by atoms with Crippen molar-refractivity contribution in [1.82, 2.24) is 0 Å². The number of halogens is 2. The van der Waals surface area contributed by atoms with Crippen LogP contribution in [0.15, 0.2) is 47.8 Å². The van der Waals surface area contributed by atoms with Crippen LogP contribution in [0.3, 0.4) is 0 Å². The third kappa shape index (κ3) is 4.42. The number of nitroso groups, excluding NO2 is 1. The summed E-state index contributed by atoms with van der Waals surface area (Å²) in [7, 11) is 1.57. The zero-order chi connectivity index (χ0) is 16.8. The van der Waals surface area contributed by atoms with E-state index in [1.165, 1.54) is 17.1 Å². The zero-order valence-corrected chi connectivity index (χ0v) is 13.9. The number of benzene rings is 2. The fourth-order valence-electron chi connectivity index (χ4n) is 2.37. The van der Waals surface area contributed by atoms with Crippen molar-refractivity contribution in [3.05, 3.63) is 63.8 Å². The molecule has 23 heavy (non-hydrogen) atoms. The molecule has 2 aromatic rings. The molecule has 0 fully saturated rings. The first-order valence-corrected chi connectivity index (χ1v) is 7.79. The molecule has 6 heteroatoms. The third-order valence-corrected chi connectivity index (χ3v) is 3.85. The van der Waals surface area contributed by atoms with Crippen molar-refractivity contribution in [3.63, 3.8) is 0 Å². The van der Waals surface area contributed by atoms with Gasteiger partial charge in [-0.2, -0.15) is 0 Å². The maximum absolute atomic E-state index is 13.0. The Kier molecular flexibility index (Phi) is 5.93. The fraction of sp³-hybridized carbons (Fsp3) is 0.294. The number of hydrogen-bond acceptors (Lipinski definition) is 3. The molecule has 0 aliphatic heterocycles. The van der Waals surface area contributed by atoms with Crippen LogP contribution in [0, 0.1) is 10.7 Å². The van der Waals surface area contributed by atoms with E-state index >= 15 is 0 Å². The van der Waals surface area contributed by atoms with Crippen molar-refractivity contribution < 1.29 is 4.39 Å². The molecule has 0 bridgehead atoms. The Bertz CT molecular complexity index is 663. The van der Waals surface area contributed by atoms with Gasteiger partial charge in [-0.05, 0) is 42.3 Å². The average molecular weight is 336 g/mol. The first-order chi connectivity index (χ1) is 11.0. The zero-order valence-electron chi connectivity index (χ0n) is 13.2. The fourth-order valence-corrected chi connectivity index (χ4v) is 2.66. The third-order valence-electron chi connectivity index (χ3n) is 3.55. The van der Waals surface area contributed by atoms with Gasteiger partial charge >= 0.3 is 0 Å². The summed E-state index contributed by atoms with van der Waals surface area (Å²) in [5.74, 6) is -0.248. The highest BCUT2D eigenvalue weighted by molar-refractivity contribution is 6.33. The Morgan fingerprint density at radius 3 is 2.43 bits per heavy atom. The summed E-state index contributed by atoms with van der Waals surface area (Å²) in [6, 6.07) is 11.8. The first kappa shape index (κ1) is 17.2. The SMILES string of the molecule is CCCN(Cc1ccc(F)cc1)c1ccc(N(C)N=O)cc1Cl. The lowest BCUT2D eigenvalue weighted by atomic mass is 10.1. The summed E-state index contributed by atoms with van der Waals surface area (Å²) in [4.78, 5) is 12.7. The molecule has 0 unspecified atom stereocenters. The van der Waals surface area contributed by atoms with Gasteiger partial charge in [-0.3, -0.25) is 0 Å². The maximum Gasteiger partial charge on any atom is 0.123 e. The molecule has 0 aliphatic carbocycles. The van der Waals surface area contributed by atoms with Gasteiger partial charge in [0.25, 0.3) is 0 Å². The number of anilines is 2. The molecular formula is C17H19ClFN3O. The molecule has 0 amide bonds. The summed E-state index contributed by atoms with van der Waals surface area (Å²) < 4.78 is 13.0. The molecule has 0 heterocycles. The minimum atomic E-state index is -0.248. The minimum absolute atomic E-state index is 0.248. The molecule has 122 valence electrons. The second kappa shape index (κ2) is 7.92. The summed E-state index contributed by atoms with van der Waals surface area (Å²) in [5.41, 5.74) is 2.51. The summed E-state index contributed by atoms with van der Waals surface area (Å²) >= 11 is 6.38. The minimum Gasteiger partial charge on any atom is -0.366 e. The van der Waals surface area contributed by atoms with Gasteiger partial charge in [0.1, 0.15) is 5.82 Å². The van der Waals surface area contributed by atoms with Crippen LogP contribution in [0.1, 0.15) is 18.9 Å². The molecule has 0 spiro atoms. The second-order valence-corrected chi connectivity index (χ2v) is 5.70. The van der Waals surface area contributed by atoms with E-state index in [1.807, 2.05) is 6.07 Å². The Morgan fingerprint density at radius 2 is 1.87 bits per heavy atom. The maximum atomic E-state index is 13.0. The molecule has 0 saturated carbocycles. The molecule has 0 atom stereocenters. The Morgan fingerprint density at radius 1 is 1.17 bits per heavy atom. The quantitative estimate of drug-likeness (QED) is 0.527. The molecule has 2 aromatic carbocycles. The summed E-state index contributed by atoms with van der Waals surface area (Å²) in [6.45, 7) is 3.54. The highest BCUT2D eigenvalue weighted by atomic mass is 35.5. The highest BCUT2D eigenvalue weighted by Crippen LogP contribution is 2.31. The monoisotopic (exact) mass is 335 g/mol. The lowest BCUT2D eigenvalue weighted by molar-refractivity contribution is 0.626.